The summed E-state index contributed by atoms with van der Waals surface area (Å²) < 4.78 is 7.75. The summed E-state index contributed by atoms with van der Waals surface area (Å²) in [6.45, 7) is -0.460. The van der Waals surface area contributed by atoms with Gasteiger partial charge in [0, 0.05) is 0 Å². The number of nitrogen functional groups attached to an aromatic ring is 1. The van der Waals surface area contributed by atoms with Gasteiger partial charge in [0.1, 0.15) is 24.6 Å². The number of hydrogen-bond donors (Lipinski definition) is 5. The average Bonchev–Trinajstić information content (AvgIpc) is 3.00. The Morgan fingerprint density at radius 3 is 2.86 bits per heavy atom. The molecule has 6 N–H and O–H groups in total. The van der Waals surface area contributed by atoms with E-state index in [1.165, 1.54) is 10.9 Å². The van der Waals surface area contributed by atoms with Crippen molar-refractivity contribution in [2.45, 2.75) is 24.5 Å². The average molecular weight is 315 g/mol. The van der Waals surface area contributed by atoms with E-state index in [-0.39, 0.29) is 17.1 Å². The second-order valence-corrected chi connectivity index (χ2v) is 5.05. The monoisotopic (exact) mass is 315 g/mol. The third-order valence-corrected chi connectivity index (χ3v) is 3.80. The standard InChI is InChI=1S/C10H13N5O5S/c11-10-13-7(19)4-8(15(10)21)14(2-12-4)9-6(18)5(17)3(1-16)20-9/h2-3,5-6,9,16-18H,1H2,(H3,11,13,19)/t3-,5-,6-,9-/m1/s1. The van der Waals surface area contributed by atoms with Crippen molar-refractivity contribution >= 4 is 29.9 Å². The van der Waals surface area contributed by atoms with Crippen LogP contribution in [0.15, 0.2) is 11.1 Å². The normalized spacial score (nSPS) is 29.3. The number of ether oxygens (including phenoxy) is 1. The van der Waals surface area contributed by atoms with Crippen molar-refractivity contribution in [3.05, 3.63) is 16.7 Å². The van der Waals surface area contributed by atoms with Crippen LogP contribution in [0.25, 0.3) is 11.2 Å². The first-order valence-electron chi connectivity index (χ1n) is 6.06. The Morgan fingerprint density at radius 1 is 1.52 bits per heavy atom. The SMILES string of the molecule is Nc1[nH]c(=O)c2ncn([C@@H]3O[C@H](CO)[C@@H](O)[C@H]3O)c2[n+]1[S-]. The molecule has 1 aliphatic heterocycles. The van der Waals surface area contributed by atoms with Crippen molar-refractivity contribution < 1.29 is 24.0 Å². The second-order valence-electron chi connectivity index (χ2n) is 4.69. The van der Waals surface area contributed by atoms with Gasteiger partial charge in [0.05, 0.1) is 6.61 Å². The molecular formula is C10H13N5O5S. The summed E-state index contributed by atoms with van der Waals surface area (Å²) in [4.78, 5) is 18.0. The number of fused-ring (bicyclic) bond motifs is 1. The maximum Gasteiger partial charge on any atom is 0.324 e. The number of rotatable bonds is 2. The number of aliphatic hydroxyl groups is 3. The lowest BCUT2D eigenvalue weighted by Gasteiger charge is -2.17. The van der Waals surface area contributed by atoms with E-state index < -0.39 is 36.7 Å². The third kappa shape index (κ3) is 1.98. The van der Waals surface area contributed by atoms with Crippen LogP contribution in [-0.4, -0.2) is 54.8 Å². The molecule has 1 saturated heterocycles. The minimum atomic E-state index is -1.31. The van der Waals surface area contributed by atoms with E-state index in [4.69, 9.17) is 28.4 Å². The van der Waals surface area contributed by atoms with Crippen LogP contribution in [0.4, 0.5) is 5.95 Å². The Hall–Kier alpha value is -1.79. The fourth-order valence-corrected chi connectivity index (χ4v) is 2.58. The van der Waals surface area contributed by atoms with E-state index in [9.17, 15) is 15.0 Å². The number of nitrogens with zero attached hydrogens (tertiary/aromatic N) is 3. The van der Waals surface area contributed by atoms with Gasteiger partial charge in [-0.25, -0.2) is 14.5 Å². The molecular weight excluding hydrogens is 302 g/mol. The molecule has 0 saturated carbocycles. The molecule has 0 unspecified atom stereocenters. The van der Waals surface area contributed by atoms with Gasteiger partial charge in [0.25, 0.3) is 5.95 Å². The largest absolute Gasteiger partial charge is 0.615 e. The highest BCUT2D eigenvalue weighted by Crippen LogP contribution is 2.30. The fraction of sp³-hybridized carbons (Fsp3) is 0.500. The predicted molar refractivity (Wildman–Crippen MR) is 70.7 cm³/mol. The van der Waals surface area contributed by atoms with E-state index in [0.29, 0.717) is 0 Å². The highest BCUT2D eigenvalue weighted by molar-refractivity contribution is 7.51. The lowest BCUT2D eigenvalue weighted by Crippen LogP contribution is -2.39. The summed E-state index contributed by atoms with van der Waals surface area (Å²) in [7, 11) is 0. The van der Waals surface area contributed by atoms with Gasteiger partial charge < -0.3 is 42.6 Å². The quantitative estimate of drug-likeness (QED) is 0.283. The van der Waals surface area contributed by atoms with Crippen LogP contribution in [0.5, 0.6) is 0 Å². The van der Waals surface area contributed by atoms with Gasteiger partial charge in [-0.1, -0.05) is 0 Å². The number of nitrogens with one attached hydrogen (secondary N) is 1. The van der Waals surface area contributed by atoms with Gasteiger partial charge in [0.15, 0.2) is 6.23 Å². The molecule has 10 nitrogen and oxygen atoms in total. The van der Waals surface area contributed by atoms with Gasteiger partial charge in [-0.3, -0.25) is 4.79 Å². The van der Waals surface area contributed by atoms with E-state index in [2.05, 4.69) is 9.97 Å². The van der Waals surface area contributed by atoms with Gasteiger partial charge in [-0.2, -0.15) is 0 Å². The Balaban J connectivity index is 2.16. The van der Waals surface area contributed by atoms with Crippen molar-refractivity contribution in [3.8, 4) is 0 Å². The van der Waals surface area contributed by atoms with Crippen molar-refractivity contribution in [2.75, 3.05) is 12.3 Å². The molecule has 4 atom stereocenters. The zero-order valence-electron chi connectivity index (χ0n) is 10.6. The molecule has 1 fully saturated rings. The zero-order chi connectivity index (χ0) is 15.3. The first kappa shape index (κ1) is 14.2. The Morgan fingerprint density at radius 2 is 2.24 bits per heavy atom. The summed E-state index contributed by atoms with van der Waals surface area (Å²) in [5.74, 6) is -0.0732. The van der Waals surface area contributed by atoms with Gasteiger partial charge >= 0.3 is 5.56 Å². The van der Waals surface area contributed by atoms with Crippen LogP contribution >= 0.6 is 0 Å². The molecule has 3 heterocycles. The number of anilines is 1. The Kier molecular flexibility index (Phi) is 3.30. The maximum atomic E-state index is 11.8. The highest BCUT2D eigenvalue weighted by atomic mass is 32.1. The molecule has 0 spiro atoms. The molecule has 0 radical (unpaired) electrons. The molecule has 11 heteroatoms. The Bertz CT molecular complexity index is 745. The van der Waals surface area contributed by atoms with Crippen LogP contribution in [-0.2, 0) is 17.6 Å². The first-order chi connectivity index (χ1) is 9.95. The van der Waals surface area contributed by atoms with Crippen molar-refractivity contribution in [1.29, 1.82) is 0 Å². The van der Waals surface area contributed by atoms with Crippen LogP contribution in [0.1, 0.15) is 6.23 Å². The summed E-state index contributed by atoms with van der Waals surface area (Å²) in [6.07, 6.45) is -3.31. The van der Waals surface area contributed by atoms with Crippen LogP contribution in [0.2, 0.25) is 0 Å². The number of imidazole rings is 1. The first-order valence-corrected chi connectivity index (χ1v) is 6.42. The smallest absolute Gasteiger partial charge is 0.324 e. The minimum Gasteiger partial charge on any atom is -0.615 e. The third-order valence-electron chi connectivity index (χ3n) is 3.43. The fourth-order valence-electron chi connectivity index (χ4n) is 2.35. The van der Waals surface area contributed by atoms with Crippen LogP contribution in [0, 0.1) is 0 Å². The summed E-state index contributed by atoms with van der Waals surface area (Å²) in [5.41, 5.74) is 5.24. The number of H-pyrrole nitrogens is 1. The molecule has 114 valence electrons. The molecule has 3 rings (SSSR count). The topological polar surface area (TPSA) is 151 Å². The maximum absolute atomic E-state index is 11.8. The van der Waals surface area contributed by atoms with Crippen LogP contribution in [0.3, 0.4) is 0 Å². The predicted octanol–water partition coefficient (Wildman–Crippen LogP) is -3.48. The number of aliphatic hydroxyl groups excluding tert-OH is 3. The number of aromatic nitrogens is 4. The number of aromatic amines is 1. The molecule has 0 bridgehead atoms. The lowest BCUT2D eigenvalue weighted by atomic mass is 10.1. The summed E-state index contributed by atoms with van der Waals surface area (Å²) in [5, 5.41) is 28.9. The molecule has 21 heavy (non-hydrogen) atoms. The molecule has 2 aromatic rings. The summed E-state index contributed by atoms with van der Waals surface area (Å²) in [6, 6.07) is 0. The molecule has 1 aliphatic rings. The molecule has 2 aromatic heterocycles. The summed E-state index contributed by atoms with van der Waals surface area (Å²) >= 11 is 5.07. The van der Waals surface area contributed by atoms with E-state index >= 15 is 0 Å². The lowest BCUT2D eigenvalue weighted by molar-refractivity contribution is -0.452. The van der Waals surface area contributed by atoms with Crippen LogP contribution < -0.4 is 15.3 Å². The van der Waals surface area contributed by atoms with Gasteiger partial charge in [-0.15, -0.1) is 0 Å². The van der Waals surface area contributed by atoms with Crippen molar-refractivity contribution in [1.82, 2.24) is 14.5 Å². The van der Waals surface area contributed by atoms with Gasteiger partial charge in [0.2, 0.25) is 11.2 Å². The zero-order valence-corrected chi connectivity index (χ0v) is 11.4. The molecule has 0 aromatic carbocycles. The number of nitrogens with two attached hydrogens (primary N) is 1. The van der Waals surface area contributed by atoms with Crippen molar-refractivity contribution in [2.24, 2.45) is 0 Å². The highest BCUT2D eigenvalue weighted by Gasteiger charge is 2.45. The molecule has 0 aliphatic carbocycles. The minimum absolute atomic E-state index is 0.0249. The van der Waals surface area contributed by atoms with E-state index in [1.54, 1.807) is 0 Å². The van der Waals surface area contributed by atoms with E-state index in [1.807, 2.05) is 0 Å². The van der Waals surface area contributed by atoms with E-state index in [0.717, 1.165) is 3.97 Å². The van der Waals surface area contributed by atoms with Crippen molar-refractivity contribution in [3.63, 3.8) is 0 Å². The molecule has 0 amide bonds. The number of hydrogen-bond acceptors (Lipinski definition) is 8. The second kappa shape index (κ2) is 4.89. The Labute approximate surface area is 123 Å². The van der Waals surface area contributed by atoms with Gasteiger partial charge in [-0.05, 0) is 0 Å².